The highest BCUT2D eigenvalue weighted by Crippen LogP contribution is 2.25. The maximum atomic E-state index is 10.3. The fourth-order valence-corrected chi connectivity index (χ4v) is 3.19. The number of fused-ring (bicyclic) bond motifs is 1. The fraction of sp³-hybridized carbons (Fsp3) is 0.333. The third kappa shape index (κ3) is 3.43. The van der Waals surface area contributed by atoms with E-state index < -0.39 is 0 Å². The third-order valence-corrected chi connectivity index (χ3v) is 5.41. The van der Waals surface area contributed by atoms with Gasteiger partial charge >= 0.3 is 5.95 Å². The Balaban J connectivity index is 2.18. The number of benzene rings is 1. The molecule has 0 aliphatic rings. The summed E-state index contributed by atoms with van der Waals surface area (Å²) in [6.45, 7) is 3.80. The molecule has 0 saturated heterocycles. The van der Waals surface area contributed by atoms with Crippen LogP contribution in [-0.2, 0) is 6.42 Å². The van der Waals surface area contributed by atoms with E-state index in [0.29, 0.717) is 23.9 Å². The Morgan fingerprint density at radius 1 is 1.36 bits per heavy atom. The molecule has 0 aliphatic heterocycles. The molecule has 1 atom stereocenters. The Morgan fingerprint density at radius 3 is 2.80 bits per heavy atom. The van der Waals surface area contributed by atoms with Crippen LogP contribution in [0.1, 0.15) is 16.8 Å². The van der Waals surface area contributed by atoms with Crippen molar-refractivity contribution >= 4 is 36.3 Å². The molecule has 0 saturated carbocycles. The number of H-pyrrole nitrogens is 1. The van der Waals surface area contributed by atoms with E-state index in [2.05, 4.69) is 30.2 Å². The molecule has 1 aromatic carbocycles. The number of aromatic amines is 1. The van der Waals surface area contributed by atoms with Gasteiger partial charge in [-0.3, -0.25) is 0 Å². The first-order valence-electron chi connectivity index (χ1n) is 8.01. The average molecular weight is 377 g/mol. The highest BCUT2D eigenvalue weighted by atomic mass is 32.1. The van der Waals surface area contributed by atoms with Gasteiger partial charge in [-0.1, -0.05) is 4.98 Å². The lowest BCUT2D eigenvalue weighted by Gasteiger charge is -2.15. The Labute approximate surface area is 157 Å². The number of thiol groups is 2. The van der Waals surface area contributed by atoms with Crippen LogP contribution in [0.2, 0.25) is 0 Å². The molecular formula is C18H22N3O2S2+. The fourth-order valence-electron chi connectivity index (χ4n) is 2.89. The number of aromatic nitrogens is 3. The minimum Gasteiger partial charge on any atom is -0.507 e. The molecule has 2 N–H and O–H groups in total. The van der Waals surface area contributed by atoms with Gasteiger partial charge < -0.3 is 9.84 Å². The molecule has 25 heavy (non-hydrogen) atoms. The van der Waals surface area contributed by atoms with Gasteiger partial charge in [-0.25, -0.2) is 9.55 Å². The molecule has 0 aliphatic carbocycles. The number of methoxy groups -OCH3 is 1. The minimum atomic E-state index is 0.0832. The van der Waals surface area contributed by atoms with E-state index in [0.717, 1.165) is 33.6 Å². The molecule has 0 radical (unpaired) electrons. The smallest absolute Gasteiger partial charge is 0.402 e. The van der Waals surface area contributed by atoms with Crippen molar-refractivity contribution in [3.8, 4) is 17.4 Å². The van der Waals surface area contributed by atoms with Crippen LogP contribution < -0.4 is 9.30 Å². The summed E-state index contributed by atoms with van der Waals surface area (Å²) in [5, 5.41) is 10.4. The first-order valence-corrected chi connectivity index (χ1v) is 9.16. The number of hydrogen-bond donors (Lipinski definition) is 4. The number of ether oxygens (including phenoxy) is 1. The SMILES string of the molecule is COc1ccc2[nH]c(-[n+]3cc(C)c(O)c(C)c3CC(S)CS)nc2c1. The average Bonchev–Trinajstić information content (AvgIpc) is 3.04. The van der Waals surface area contributed by atoms with Crippen LogP contribution in [0, 0.1) is 13.8 Å². The quantitative estimate of drug-likeness (QED) is 0.409. The second-order valence-electron chi connectivity index (χ2n) is 6.09. The van der Waals surface area contributed by atoms with E-state index in [1.165, 1.54) is 0 Å². The summed E-state index contributed by atoms with van der Waals surface area (Å²) in [5.74, 6) is 2.42. The number of aromatic hydroxyl groups is 1. The largest absolute Gasteiger partial charge is 0.507 e. The van der Waals surface area contributed by atoms with Crippen LogP contribution in [0.4, 0.5) is 0 Å². The van der Waals surface area contributed by atoms with Gasteiger partial charge in [0.1, 0.15) is 17.0 Å². The van der Waals surface area contributed by atoms with Crippen molar-refractivity contribution in [1.29, 1.82) is 0 Å². The Hall–Kier alpha value is -1.86. The minimum absolute atomic E-state index is 0.0832. The monoisotopic (exact) mass is 376 g/mol. The van der Waals surface area contributed by atoms with E-state index in [4.69, 9.17) is 9.72 Å². The van der Waals surface area contributed by atoms with E-state index in [1.807, 2.05) is 42.8 Å². The Morgan fingerprint density at radius 2 is 2.12 bits per heavy atom. The summed E-state index contributed by atoms with van der Waals surface area (Å²) in [6, 6.07) is 5.73. The van der Waals surface area contributed by atoms with Gasteiger partial charge in [-0.05, 0) is 26.0 Å². The molecule has 3 rings (SSSR count). The number of hydrogen-bond acceptors (Lipinski definition) is 5. The van der Waals surface area contributed by atoms with Crippen LogP contribution in [0.25, 0.3) is 17.0 Å². The van der Waals surface area contributed by atoms with Crippen molar-refractivity contribution in [3.63, 3.8) is 0 Å². The number of nitrogens with one attached hydrogen (secondary N) is 1. The van der Waals surface area contributed by atoms with Gasteiger partial charge in [0.25, 0.3) is 0 Å². The number of pyridine rings is 1. The molecule has 0 amide bonds. The highest BCUT2D eigenvalue weighted by molar-refractivity contribution is 7.84. The molecule has 0 fully saturated rings. The number of aryl methyl sites for hydroxylation is 1. The normalized spacial score (nSPS) is 12.5. The maximum absolute atomic E-state index is 10.3. The van der Waals surface area contributed by atoms with Gasteiger partial charge in [0.2, 0.25) is 0 Å². The molecule has 7 heteroatoms. The lowest BCUT2D eigenvalue weighted by Crippen LogP contribution is -2.39. The zero-order chi connectivity index (χ0) is 18.1. The second-order valence-corrected chi connectivity index (χ2v) is 7.18. The van der Waals surface area contributed by atoms with Crippen LogP contribution >= 0.6 is 25.3 Å². The summed E-state index contributed by atoms with van der Waals surface area (Å²) in [4.78, 5) is 8.04. The summed E-state index contributed by atoms with van der Waals surface area (Å²) in [5.41, 5.74) is 4.34. The molecule has 5 nitrogen and oxygen atoms in total. The van der Waals surface area contributed by atoms with Crippen LogP contribution in [-0.4, -0.2) is 33.2 Å². The van der Waals surface area contributed by atoms with Crippen molar-refractivity contribution in [3.05, 3.63) is 41.2 Å². The van der Waals surface area contributed by atoms with Gasteiger partial charge in [-0.15, -0.1) is 0 Å². The van der Waals surface area contributed by atoms with Crippen molar-refractivity contribution < 1.29 is 14.4 Å². The molecular weight excluding hydrogens is 354 g/mol. The summed E-state index contributed by atoms with van der Waals surface area (Å²) in [6.07, 6.45) is 2.57. The zero-order valence-electron chi connectivity index (χ0n) is 14.4. The third-order valence-electron chi connectivity index (χ3n) is 4.32. The predicted octanol–water partition coefficient (Wildman–Crippen LogP) is 2.94. The topological polar surface area (TPSA) is 62.0 Å². The number of rotatable bonds is 5. The van der Waals surface area contributed by atoms with Crippen molar-refractivity contribution in [1.82, 2.24) is 9.97 Å². The van der Waals surface area contributed by atoms with Crippen molar-refractivity contribution in [2.45, 2.75) is 25.5 Å². The first kappa shape index (κ1) is 17.9. The molecule has 0 spiro atoms. The molecule has 0 bridgehead atoms. The van der Waals surface area contributed by atoms with E-state index in [9.17, 15) is 5.11 Å². The maximum Gasteiger partial charge on any atom is 0.402 e. The second kappa shape index (κ2) is 7.17. The van der Waals surface area contributed by atoms with E-state index in [-0.39, 0.29) is 5.25 Å². The number of imidazole rings is 1. The van der Waals surface area contributed by atoms with Crippen LogP contribution in [0.5, 0.6) is 11.5 Å². The summed E-state index contributed by atoms with van der Waals surface area (Å²) < 4.78 is 7.26. The number of nitrogens with zero attached hydrogens (tertiary/aromatic N) is 2. The van der Waals surface area contributed by atoms with Gasteiger partial charge in [0, 0.05) is 34.6 Å². The standard InChI is InChI=1S/C18H21N3O2S2/c1-10-8-21(16(7-13(25)9-24)11(2)17(10)22)18-19-14-5-4-12(23-3)6-15(14)20-18/h4-6,8,13H,7,9H2,1-3H3,(H3,19,20,24,25)/p+1. The summed E-state index contributed by atoms with van der Waals surface area (Å²) >= 11 is 8.89. The van der Waals surface area contributed by atoms with E-state index in [1.54, 1.807) is 7.11 Å². The molecule has 2 heterocycles. The first-order chi connectivity index (χ1) is 11.9. The van der Waals surface area contributed by atoms with Crippen LogP contribution in [0.15, 0.2) is 24.4 Å². The lowest BCUT2D eigenvalue weighted by molar-refractivity contribution is -0.612. The van der Waals surface area contributed by atoms with E-state index >= 15 is 0 Å². The van der Waals surface area contributed by atoms with Gasteiger partial charge in [0.15, 0.2) is 5.52 Å². The van der Waals surface area contributed by atoms with Gasteiger partial charge in [0.05, 0.1) is 19.0 Å². The highest BCUT2D eigenvalue weighted by Gasteiger charge is 2.23. The Bertz CT molecular complexity index is 924. The lowest BCUT2D eigenvalue weighted by atomic mass is 10.1. The molecule has 132 valence electrons. The van der Waals surface area contributed by atoms with Crippen LogP contribution in [0.3, 0.4) is 0 Å². The van der Waals surface area contributed by atoms with Gasteiger partial charge in [-0.2, -0.15) is 25.3 Å². The Kier molecular flexibility index (Phi) is 5.15. The molecule has 2 aromatic heterocycles. The van der Waals surface area contributed by atoms with Crippen molar-refractivity contribution in [2.75, 3.05) is 12.9 Å². The summed E-state index contributed by atoms with van der Waals surface area (Å²) in [7, 11) is 1.64. The zero-order valence-corrected chi connectivity index (χ0v) is 16.2. The predicted molar refractivity (Wildman–Crippen MR) is 106 cm³/mol. The molecule has 3 aromatic rings. The molecule has 1 unspecified atom stereocenters. The van der Waals surface area contributed by atoms with Crippen molar-refractivity contribution in [2.24, 2.45) is 0 Å².